The number of carbonyl (C=O) groups is 1. The zero-order chi connectivity index (χ0) is 14.0. The van der Waals surface area contributed by atoms with Crippen LogP contribution in [0.1, 0.15) is 0 Å². The quantitative estimate of drug-likeness (QED) is 0.803. The summed E-state index contributed by atoms with van der Waals surface area (Å²) in [6.45, 7) is 1.82. The Morgan fingerprint density at radius 3 is 3.00 bits per heavy atom. The zero-order valence-electron chi connectivity index (χ0n) is 10.3. The summed E-state index contributed by atoms with van der Waals surface area (Å²) in [7, 11) is 1.92. The summed E-state index contributed by atoms with van der Waals surface area (Å²) < 4.78 is 6.04. The van der Waals surface area contributed by atoms with Crippen molar-refractivity contribution in [2.45, 2.75) is 6.10 Å². The maximum absolute atomic E-state index is 12.1. The number of hydrogen-bond donors (Lipinski definition) is 2. The highest BCUT2D eigenvalue weighted by atomic mass is 79.9. The molecule has 1 unspecified atom stereocenters. The van der Waals surface area contributed by atoms with Gasteiger partial charge in [-0.2, -0.15) is 0 Å². The molecule has 2 rings (SSSR count). The number of amides is 1. The number of nitrogens with one attached hydrogen (secondary N) is 1. The van der Waals surface area contributed by atoms with Crippen LogP contribution < -0.4 is 5.32 Å². The van der Waals surface area contributed by atoms with E-state index in [0.717, 1.165) is 6.54 Å². The molecule has 1 aromatic carbocycles. The highest BCUT2D eigenvalue weighted by Gasteiger charge is 2.26. The Balaban J connectivity index is 2.10. The first-order chi connectivity index (χ1) is 8.97. The number of carbonyl (C=O) groups excluding carboxylic acids is 1. The molecular formula is C12H14BrClN2O3. The molecule has 104 valence electrons. The summed E-state index contributed by atoms with van der Waals surface area (Å²) in [4.78, 5) is 14.1. The van der Waals surface area contributed by atoms with Gasteiger partial charge in [0.05, 0.1) is 11.6 Å². The van der Waals surface area contributed by atoms with Gasteiger partial charge in [-0.05, 0) is 19.2 Å². The SMILES string of the molecule is CN1CCOC(C(=O)Nc2c(O)cc(Br)cc2Cl)C1. The number of morpholine rings is 1. The normalized spacial score (nSPS) is 20.3. The van der Waals surface area contributed by atoms with Gasteiger partial charge in [-0.1, -0.05) is 27.5 Å². The molecule has 0 aromatic heterocycles. The molecule has 0 spiro atoms. The molecule has 0 radical (unpaired) electrons. The highest BCUT2D eigenvalue weighted by Crippen LogP contribution is 2.35. The lowest BCUT2D eigenvalue weighted by Crippen LogP contribution is -2.46. The van der Waals surface area contributed by atoms with Crippen LogP contribution in [0.2, 0.25) is 5.02 Å². The topological polar surface area (TPSA) is 61.8 Å². The van der Waals surface area contributed by atoms with E-state index in [4.69, 9.17) is 16.3 Å². The first kappa shape index (κ1) is 14.6. The van der Waals surface area contributed by atoms with Crippen LogP contribution in [0.5, 0.6) is 5.75 Å². The number of rotatable bonds is 2. The molecule has 1 aliphatic heterocycles. The minimum absolute atomic E-state index is 0.0862. The summed E-state index contributed by atoms with van der Waals surface area (Å²) in [6, 6.07) is 3.07. The third kappa shape index (κ3) is 3.60. The van der Waals surface area contributed by atoms with Crippen molar-refractivity contribution in [3.63, 3.8) is 0 Å². The molecular weight excluding hydrogens is 336 g/mol. The van der Waals surface area contributed by atoms with Gasteiger partial charge in [0.2, 0.25) is 0 Å². The van der Waals surface area contributed by atoms with Crippen LogP contribution in [0.15, 0.2) is 16.6 Å². The van der Waals surface area contributed by atoms with E-state index in [1.807, 2.05) is 11.9 Å². The van der Waals surface area contributed by atoms with Crippen LogP contribution in [0.4, 0.5) is 5.69 Å². The maximum Gasteiger partial charge on any atom is 0.254 e. The van der Waals surface area contributed by atoms with Crippen LogP contribution in [0.3, 0.4) is 0 Å². The number of nitrogens with zero attached hydrogens (tertiary/aromatic N) is 1. The second kappa shape index (κ2) is 6.09. The Labute approximate surface area is 124 Å². The molecule has 0 bridgehead atoms. The van der Waals surface area contributed by atoms with Crippen molar-refractivity contribution in [1.82, 2.24) is 4.90 Å². The van der Waals surface area contributed by atoms with Crippen molar-refractivity contribution in [3.8, 4) is 5.75 Å². The van der Waals surface area contributed by atoms with Crippen molar-refractivity contribution in [2.24, 2.45) is 0 Å². The van der Waals surface area contributed by atoms with E-state index in [1.54, 1.807) is 6.07 Å². The third-order valence-electron chi connectivity index (χ3n) is 2.84. The molecule has 1 heterocycles. The molecule has 2 N–H and O–H groups in total. The van der Waals surface area contributed by atoms with Gasteiger partial charge in [0.15, 0.2) is 0 Å². The largest absolute Gasteiger partial charge is 0.506 e. The molecule has 0 aliphatic carbocycles. The minimum atomic E-state index is -0.558. The fourth-order valence-corrected chi connectivity index (χ4v) is 2.66. The number of aromatic hydroxyl groups is 1. The second-order valence-corrected chi connectivity index (χ2v) is 5.72. The van der Waals surface area contributed by atoms with Crippen molar-refractivity contribution in [2.75, 3.05) is 32.1 Å². The standard InChI is InChI=1S/C12H14BrClN2O3/c1-16-2-3-19-10(6-16)12(18)15-11-8(14)4-7(13)5-9(11)17/h4-5,10,17H,2-3,6H2,1H3,(H,15,18). The van der Waals surface area contributed by atoms with E-state index in [0.29, 0.717) is 17.6 Å². The van der Waals surface area contributed by atoms with Crippen LogP contribution in [0.25, 0.3) is 0 Å². The number of benzene rings is 1. The fraction of sp³-hybridized carbons (Fsp3) is 0.417. The number of likely N-dealkylation sites (N-methyl/N-ethyl adjacent to an activating group) is 1. The molecule has 1 aliphatic rings. The molecule has 5 nitrogen and oxygen atoms in total. The van der Waals surface area contributed by atoms with Gasteiger partial charge in [0.25, 0.3) is 5.91 Å². The van der Waals surface area contributed by atoms with Crippen molar-refractivity contribution >= 4 is 39.1 Å². The molecule has 1 atom stereocenters. The van der Waals surface area contributed by atoms with Crippen LogP contribution in [0, 0.1) is 0 Å². The van der Waals surface area contributed by atoms with E-state index in [1.165, 1.54) is 6.07 Å². The lowest BCUT2D eigenvalue weighted by Gasteiger charge is -2.29. The summed E-state index contributed by atoms with van der Waals surface area (Å²) in [5.74, 6) is -0.400. The Morgan fingerprint density at radius 1 is 1.63 bits per heavy atom. The van der Waals surface area contributed by atoms with Crippen molar-refractivity contribution < 1.29 is 14.6 Å². The van der Waals surface area contributed by atoms with E-state index in [2.05, 4.69) is 21.2 Å². The smallest absolute Gasteiger partial charge is 0.254 e. The molecule has 1 amide bonds. The van der Waals surface area contributed by atoms with Crippen LogP contribution in [-0.2, 0) is 9.53 Å². The Bertz CT molecular complexity index is 475. The average Bonchev–Trinajstić information content (AvgIpc) is 2.33. The second-order valence-electron chi connectivity index (χ2n) is 4.39. The summed E-state index contributed by atoms with van der Waals surface area (Å²) in [5.41, 5.74) is 0.201. The van der Waals surface area contributed by atoms with Gasteiger partial charge in [0, 0.05) is 17.6 Å². The fourth-order valence-electron chi connectivity index (χ4n) is 1.82. The molecule has 7 heteroatoms. The van der Waals surface area contributed by atoms with Crippen molar-refractivity contribution in [3.05, 3.63) is 21.6 Å². The van der Waals surface area contributed by atoms with Gasteiger partial charge in [-0.15, -0.1) is 0 Å². The van der Waals surface area contributed by atoms with E-state index < -0.39 is 6.10 Å². The number of ether oxygens (including phenoxy) is 1. The highest BCUT2D eigenvalue weighted by molar-refractivity contribution is 9.10. The van der Waals surface area contributed by atoms with Gasteiger partial charge in [0.1, 0.15) is 17.5 Å². The molecule has 19 heavy (non-hydrogen) atoms. The van der Waals surface area contributed by atoms with Gasteiger partial charge in [-0.3, -0.25) is 4.79 Å². The summed E-state index contributed by atoms with van der Waals surface area (Å²) >= 11 is 9.20. The van der Waals surface area contributed by atoms with Gasteiger partial charge >= 0.3 is 0 Å². The van der Waals surface area contributed by atoms with E-state index in [9.17, 15) is 9.90 Å². The lowest BCUT2D eigenvalue weighted by atomic mass is 10.2. The lowest BCUT2D eigenvalue weighted by molar-refractivity contribution is -0.132. The predicted octanol–water partition coefficient (Wildman–Crippen LogP) is 2.08. The molecule has 1 aromatic rings. The number of anilines is 1. The Hall–Kier alpha value is -0.820. The van der Waals surface area contributed by atoms with E-state index in [-0.39, 0.29) is 22.4 Å². The summed E-state index contributed by atoms with van der Waals surface area (Å²) in [6.07, 6.45) is -0.558. The number of hydrogen-bond acceptors (Lipinski definition) is 4. The van der Waals surface area contributed by atoms with Crippen molar-refractivity contribution in [1.29, 1.82) is 0 Å². The van der Waals surface area contributed by atoms with Gasteiger partial charge < -0.3 is 20.1 Å². The van der Waals surface area contributed by atoms with Gasteiger partial charge in [-0.25, -0.2) is 0 Å². The Kier molecular flexibility index (Phi) is 4.67. The van der Waals surface area contributed by atoms with Crippen LogP contribution >= 0.6 is 27.5 Å². The monoisotopic (exact) mass is 348 g/mol. The third-order valence-corrected chi connectivity index (χ3v) is 3.60. The number of halogens is 2. The average molecular weight is 350 g/mol. The zero-order valence-corrected chi connectivity index (χ0v) is 12.7. The first-order valence-electron chi connectivity index (χ1n) is 5.76. The predicted molar refractivity (Wildman–Crippen MR) is 76.7 cm³/mol. The van der Waals surface area contributed by atoms with Crippen LogP contribution in [-0.4, -0.2) is 48.8 Å². The summed E-state index contributed by atoms with van der Waals surface area (Å²) in [5, 5.41) is 12.7. The molecule has 0 saturated carbocycles. The number of phenols is 1. The minimum Gasteiger partial charge on any atom is -0.506 e. The Morgan fingerprint density at radius 2 is 2.37 bits per heavy atom. The maximum atomic E-state index is 12.1. The first-order valence-corrected chi connectivity index (χ1v) is 6.93. The number of phenolic OH excluding ortho intramolecular Hbond substituents is 1. The van der Waals surface area contributed by atoms with E-state index >= 15 is 0 Å². The molecule has 1 saturated heterocycles. The molecule has 1 fully saturated rings.